The number of hydrogen-bond acceptors (Lipinski definition) is 7. The number of allylic oxidation sites excluding steroid dienone is 1. The van der Waals surface area contributed by atoms with Gasteiger partial charge in [-0.15, -0.1) is 28.1 Å². The fourth-order valence-corrected chi connectivity index (χ4v) is 4.33. The number of carbonyl (C=O) groups excluding carboxylic acids is 1. The maximum Gasteiger partial charge on any atom is 0.235 e. The van der Waals surface area contributed by atoms with Crippen LogP contribution in [0.5, 0.6) is 5.75 Å². The largest absolute Gasteiger partial charge is 0.481 e. The van der Waals surface area contributed by atoms with E-state index in [9.17, 15) is 9.18 Å². The van der Waals surface area contributed by atoms with Crippen molar-refractivity contribution in [1.82, 2.24) is 14.8 Å². The van der Waals surface area contributed by atoms with Gasteiger partial charge in [0.2, 0.25) is 5.91 Å². The quantitative estimate of drug-likeness (QED) is 0.342. The number of nitriles is 1. The van der Waals surface area contributed by atoms with Crippen molar-refractivity contribution in [3.8, 4) is 11.8 Å². The number of halogens is 2. The van der Waals surface area contributed by atoms with Crippen LogP contribution < -0.4 is 10.1 Å². The summed E-state index contributed by atoms with van der Waals surface area (Å²) in [6.45, 7) is 5.92. The molecule has 2 heterocycles. The van der Waals surface area contributed by atoms with E-state index in [1.165, 1.54) is 41.3 Å². The number of ether oxygens (including phenoxy) is 1. The smallest absolute Gasteiger partial charge is 0.235 e. The summed E-state index contributed by atoms with van der Waals surface area (Å²) in [7, 11) is 0. The second-order valence-corrected chi connectivity index (χ2v) is 8.45. The molecule has 11 heteroatoms. The van der Waals surface area contributed by atoms with Crippen LogP contribution in [0.15, 0.2) is 47.5 Å². The minimum Gasteiger partial charge on any atom is -0.481 e. The molecule has 1 amide bonds. The topological polar surface area (TPSA) is 92.8 Å². The summed E-state index contributed by atoms with van der Waals surface area (Å²) in [5.74, 6) is 0.189. The van der Waals surface area contributed by atoms with Gasteiger partial charge in [0, 0.05) is 6.54 Å². The molecule has 0 saturated carbocycles. The molecule has 3 aromatic rings. The minimum absolute atomic E-state index is 0.0804. The van der Waals surface area contributed by atoms with E-state index in [0.717, 1.165) is 0 Å². The number of nitrogens with zero attached hydrogens (tertiary/aromatic N) is 4. The molecule has 1 atom stereocenters. The van der Waals surface area contributed by atoms with Crippen molar-refractivity contribution in [1.29, 1.82) is 5.26 Å². The Kier molecular flexibility index (Phi) is 7.68. The fraction of sp³-hybridized carbons (Fsp3) is 0.200. The van der Waals surface area contributed by atoms with E-state index in [4.69, 9.17) is 21.6 Å². The van der Waals surface area contributed by atoms with E-state index < -0.39 is 11.9 Å². The first kappa shape index (κ1) is 22.8. The molecule has 3 rings (SSSR count). The Labute approximate surface area is 191 Å². The van der Waals surface area contributed by atoms with Crippen molar-refractivity contribution >= 4 is 45.6 Å². The molecule has 160 valence electrons. The first-order valence-electron chi connectivity index (χ1n) is 8.98. The molecule has 2 aromatic heterocycles. The predicted molar refractivity (Wildman–Crippen MR) is 119 cm³/mol. The van der Waals surface area contributed by atoms with Gasteiger partial charge in [-0.1, -0.05) is 29.4 Å². The number of aromatic nitrogens is 3. The molecule has 1 N–H and O–H groups in total. The van der Waals surface area contributed by atoms with Gasteiger partial charge in [-0.05, 0) is 36.6 Å². The van der Waals surface area contributed by atoms with Gasteiger partial charge in [-0.2, -0.15) is 5.26 Å². The van der Waals surface area contributed by atoms with Gasteiger partial charge in [0.1, 0.15) is 22.6 Å². The summed E-state index contributed by atoms with van der Waals surface area (Å²) >= 11 is 8.53. The third kappa shape index (κ3) is 5.64. The molecule has 0 aliphatic carbocycles. The van der Waals surface area contributed by atoms with Crippen LogP contribution in [0.25, 0.3) is 0 Å². The van der Waals surface area contributed by atoms with E-state index in [1.54, 1.807) is 29.0 Å². The number of benzene rings is 1. The highest BCUT2D eigenvalue weighted by atomic mass is 35.5. The van der Waals surface area contributed by atoms with Gasteiger partial charge in [0.25, 0.3) is 0 Å². The van der Waals surface area contributed by atoms with Crippen molar-refractivity contribution in [3.05, 3.63) is 64.5 Å². The SMILES string of the molecule is C=CCn1c(SCC(=O)Nc2sccc2C#N)nnc1C(C)Oc1ccc(F)cc1Cl. The number of thiophene rings is 1. The Balaban J connectivity index is 1.70. The lowest BCUT2D eigenvalue weighted by molar-refractivity contribution is -0.113. The number of amides is 1. The standard InChI is InChI=1S/C20H17ClFN5O2S2/c1-3-7-27-18(12(2)29-16-5-4-14(22)9-15(16)21)25-26-20(27)31-11-17(28)24-19-13(10-23)6-8-30-19/h3-6,8-9,12H,1,7,11H2,2H3,(H,24,28). The van der Waals surface area contributed by atoms with Gasteiger partial charge in [0.15, 0.2) is 17.1 Å². The lowest BCUT2D eigenvalue weighted by atomic mass is 10.3. The number of carbonyl (C=O) groups is 1. The first-order chi connectivity index (χ1) is 14.9. The number of hydrogen-bond donors (Lipinski definition) is 1. The Hall–Kier alpha value is -2.87. The Morgan fingerprint density at radius 3 is 3.03 bits per heavy atom. The number of nitrogens with one attached hydrogen (secondary N) is 1. The lowest BCUT2D eigenvalue weighted by Gasteiger charge is -2.16. The van der Waals surface area contributed by atoms with E-state index in [2.05, 4.69) is 22.1 Å². The van der Waals surface area contributed by atoms with Crippen molar-refractivity contribution in [2.24, 2.45) is 0 Å². The zero-order chi connectivity index (χ0) is 22.4. The maximum absolute atomic E-state index is 13.3. The summed E-state index contributed by atoms with van der Waals surface area (Å²) in [6.07, 6.45) is 1.14. The zero-order valence-electron chi connectivity index (χ0n) is 16.3. The molecule has 1 unspecified atom stereocenters. The summed E-state index contributed by atoms with van der Waals surface area (Å²) in [5, 5.41) is 23.0. The summed E-state index contributed by atoms with van der Waals surface area (Å²) in [6, 6.07) is 7.55. The molecule has 0 saturated heterocycles. The molecule has 0 aliphatic heterocycles. The van der Waals surface area contributed by atoms with E-state index in [-0.39, 0.29) is 16.7 Å². The van der Waals surface area contributed by atoms with Crippen LogP contribution in [0.2, 0.25) is 5.02 Å². The lowest BCUT2D eigenvalue weighted by Crippen LogP contribution is -2.15. The molecule has 1 aromatic carbocycles. The molecule has 7 nitrogen and oxygen atoms in total. The van der Waals surface area contributed by atoms with Crippen molar-refractivity contribution < 1.29 is 13.9 Å². The second kappa shape index (κ2) is 10.4. The van der Waals surface area contributed by atoms with Crippen LogP contribution in [0.1, 0.15) is 24.4 Å². The molecular formula is C20H17ClFN5O2S2. The van der Waals surface area contributed by atoms with Crippen molar-refractivity contribution in [2.75, 3.05) is 11.1 Å². The molecule has 0 spiro atoms. The van der Waals surface area contributed by atoms with Crippen molar-refractivity contribution in [3.63, 3.8) is 0 Å². The fourth-order valence-electron chi connectivity index (χ4n) is 2.61. The Bertz CT molecular complexity index is 1140. The normalized spacial score (nSPS) is 11.5. The number of thioether (sulfide) groups is 1. The maximum atomic E-state index is 13.3. The third-order valence-corrected chi connectivity index (χ3v) is 6.08. The second-order valence-electron chi connectivity index (χ2n) is 6.19. The molecule has 0 aliphatic rings. The van der Waals surface area contributed by atoms with Crippen LogP contribution in [0.4, 0.5) is 9.39 Å². The average Bonchev–Trinajstić information content (AvgIpc) is 3.35. The van der Waals surface area contributed by atoms with Crippen LogP contribution in [0.3, 0.4) is 0 Å². The van der Waals surface area contributed by atoms with E-state index >= 15 is 0 Å². The van der Waals surface area contributed by atoms with Crippen LogP contribution in [-0.4, -0.2) is 26.4 Å². The summed E-state index contributed by atoms with van der Waals surface area (Å²) in [4.78, 5) is 12.3. The molecule has 0 radical (unpaired) electrons. The van der Waals surface area contributed by atoms with Gasteiger partial charge >= 0.3 is 0 Å². The number of anilines is 1. The molecule has 31 heavy (non-hydrogen) atoms. The predicted octanol–water partition coefficient (Wildman–Crippen LogP) is 5.06. The van der Waals surface area contributed by atoms with Gasteiger partial charge in [0.05, 0.1) is 16.3 Å². The van der Waals surface area contributed by atoms with E-state index in [1.807, 2.05) is 6.07 Å². The molecular weight excluding hydrogens is 461 g/mol. The third-order valence-electron chi connectivity index (χ3n) is 3.99. The van der Waals surface area contributed by atoms with Gasteiger partial charge in [-0.3, -0.25) is 9.36 Å². The van der Waals surface area contributed by atoms with Gasteiger partial charge < -0.3 is 10.1 Å². The minimum atomic E-state index is -0.539. The van der Waals surface area contributed by atoms with Crippen LogP contribution >= 0.6 is 34.7 Å². The van der Waals surface area contributed by atoms with Crippen molar-refractivity contribution in [2.45, 2.75) is 24.7 Å². The average molecular weight is 478 g/mol. The summed E-state index contributed by atoms with van der Waals surface area (Å²) in [5.41, 5.74) is 0.422. The molecule has 0 fully saturated rings. The Morgan fingerprint density at radius 1 is 1.52 bits per heavy atom. The van der Waals surface area contributed by atoms with E-state index in [0.29, 0.717) is 33.8 Å². The zero-order valence-corrected chi connectivity index (χ0v) is 18.7. The molecule has 0 bridgehead atoms. The highest BCUT2D eigenvalue weighted by molar-refractivity contribution is 7.99. The Morgan fingerprint density at radius 2 is 2.32 bits per heavy atom. The summed E-state index contributed by atoms with van der Waals surface area (Å²) < 4.78 is 20.9. The number of rotatable bonds is 9. The van der Waals surface area contributed by atoms with Crippen LogP contribution in [-0.2, 0) is 11.3 Å². The first-order valence-corrected chi connectivity index (χ1v) is 11.2. The van der Waals surface area contributed by atoms with Gasteiger partial charge in [-0.25, -0.2) is 4.39 Å². The highest BCUT2D eigenvalue weighted by Gasteiger charge is 2.21. The monoisotopic (exact) mass is 477 g/mol. The highest BCUT2D eigenvalue weighted by Crippen LogP contribution is 2.30. The van der Waals surface area contributed by atoms with Crippen LogP contribution in [0, 0.1) is 17.1 Å².